The lowest BCUT2D eigenvalue weighted by Crippen LogP contribution is -1.74. The second kappa shape index (κ2) is 5.76. The Morgan fingerprint density at radius 3 is 2.63 bits per heavy atom. The molecule has 2 aromatic carbocycles. The van der Waals surface area contributed by atoms with Crippen molar-refractivity contribution >= 4 is 28.9 Å². The van der Waals surface area contributed by atoms with Gasteiger partial charge in [0.15, 0.2) is 5.58 Å². The smallest absolute Gasteiger partial charge is 0.257 e. The molecule has 0 aliphatic rings. The molecule has 19 heavy (non-hydrogen) atoms. The van der Waals surface area contributed by atoms with Crippen molar-refractivity contribution in [2.75, 3.05) is 5.75 Å². The van der Waals surface area contributed by atoms with Crippen molar-refractivity contribution in [2.45, 2.75) is 5.22 Å². The molecule has 0 saturated carbocycles. The predicted molar refractivity (Wildman–Crippen MR) is 80.2 cm³/mol. The molecule has 3 heteroatoms. The average molecular weight is 267 g/mol. The van der Waals surface area contributed by atoms with Gasteiger partial charge in [-0.25, -0.2) is 4.98 Å². The van der Waals surface area contributed by atoms with E-state index in [0.717, 1.165) is 22.1 Å². The van der Waals surface area contributed by atoms with E-state index in [1.165, 1.54) is 5.56 Å². The lowest BCUT2D eigenvalue weighted by atomic mass is 10.2. The molecule has 2 nitrogen and oxygen atoms in total. The number of oxazole rings is 1. The fourth-order valence-corrected chi connectivity index (χ4v) is 2.43. The predicted octanol–water partition coefficient (Wildman–Crippen LogP) is 4.63. The van der Waals surface area contributed by atoms with E-state index in [1.54, 1.807) is 11.8 Å². The third kappa shape index (κ3) is 3.06. The van der Waals surface area contributed by atoms with Crippen LogP contribution < -0.4 is 0 Å². The molecule has 0 aliphatic heterocycles. The minimum Gasteiger partial charge on any atom is -0.431 e. The number of aromatic nitrogens is 1. The topological polar surface area (TPSA) is 26.0 Å². The lowest BCUT2D eigenvalue weighted by molar-refractivity contribution is 0.490. The number of benzene rings is 2. The molecular weight excluding hydrogens is 254 g/mol. The molecule has 0 spiro atoms. The number of hydrogen-bond donors (Lipinski definition) is 0. The fourth-order valence-electron chi connectivity index (χ4n) is 1.78. The fraction of sp³-hybridized carbons (Fsp3) is 0.0625. The molecule has 3 rings (SSSR count). The number of hydrogen-bond acceptors (Lipinski definition) is 3. The Balaban J connectivity index is 1.62. The Morgan fingerprint density at radius 2 is 1.79 bits per heavy atom. The summed E-state index contributed by atoms with van der Waals surface area (Å²) in [6, 6.07) is 18.1. The van der Waals surface area contributed by atoms with Crippen molar-refractivity contribution in [3.63, 3.8) is 0 Å². The number of thioether (sulfide) groups is 1. The Kier molecular flexibility index (Phi) is 3.65. The summed E-state index contributed by atoms with van der Waals surface area (Å²) < 4.78 is 5.64. The van der Waals surface area contributed by atoms with E-state index < -0.39 is 0 Å². The first kappa shape index (κ1) is 12.1. The highest BCUT2D eigenvalue weighted by molar-refractivity contribution is 7.99. The summed E-state index contributed by atoms with van der Waals surface area (Å²) in [5.41, 5.74) is 2.97. The van der Waals surface area contributed by atoms with Crippen LogP contribution in [0.25, 0.3) is 17.2 Å². The minimum atomic E-state index is 0.721. The monoisotopic (exact) mass is 267 g/mol. The lowest BCUT2D eigenvalue weighted by Gasteiger charge is -1.91. The molecule has 0 aliphatic carbocycles. The standard InChI is InChI=1S/C16H13NOS/c1-2-7-13(8-3-1)9-6-12-19-16-17-14-10-4-5-11-15(14)18-16/h1-11H,12H2/b9-6+. The zero-order chi connectivity index (χ0) is 12.9. The third-order valence-electron chi connectivity index (χ3n) is 2.69. The highest BCUT2D eigenvalue weighted by Gasteiger charge is 2.03. The molecule has 0 N–H and O–H groups in total. The molecule has 0 bridgehead atoms. The molecule has 3 aromatic rings. The minimum absolute atomic E-state index is 0.721. The van der Waals surface area contributed by atoms with Gasteiger partial charge < -0.3 is 4.42 Å². The number of rotatable bonds is 4. The Hall–Kier alpha value is -2.00. The third-order valence-corrected chi connectivity index (χ3v) is 3.47. The highest BCUT2D eigenvalue weighted by Crippen LogP contribution is 2.23. The maximum absolute atomic E-state index is 5.64. The van der Waals surface area contributed by atoms with E-state index in [9.17, 15) is 0 Å². The normalized spacial score (nSPS) is 11.4. The SMILES string of the molecule is C(=C\c1ccccc1)/CSc1nc2ccccc2o1. The molecule has 1 aromatic heterocycles. The van der Waals surface area contributed by atoms with E-state index in [0.29, 0.717) is 0 Å². The van der Waals surface area contributed by atoms with Crippen molar-refractivity contribution in [1.82, 2.24) is 4.98 Å². The van der Waals surface area contributed by atoms with Gasteiger partial charge in [-0.2, -0.15) is 0 Å². The van der Waals surface area contributed by atoms with Crippen LogP contribution >= 0.6 is 11.8 Å². The van der Waals surface area contributed by atoms with Crippen LogP contribution in [-0.4, -0.2) is 10.7 Å². The summed E-state index contributed by atoms with van der Waals surface area (Å²) in [4.78, 5) is 4.42. The van der Waals surface area contributed by atoms with Crippen LogP contribution in [-0.2, 0) is 0 Å². The second-order valence-electron chi connectivity index (χ2n) is 4.07. The van der Waals surface area contributed by atoms with E-state index in [-0.39, 0.29) is 0 Å². The van der Waals surface area contributed by atoms with E-state index in [2.05, 4.69) is 29.3 Å². The van der Waals surface area contributed by atoms with Gasteiger partial charge in [0.2, 0.25) is 0 Å². The summed E-state index contributed by atoms with van der Waals surface area (Å²) in [5, 5.41) is 0.721. The Morgan fingerprint density at radius 1 is 1.00 bits per heavy atom. The summed E-state index contributed by atoms with van der Waals surface area (Å²) in [5.74, 6) is 0.849. The van der Waals surface area contributed by atoms with Gasteiger partial charge in [0, 0.05) is 5.75 Å². The Labute approximate surface area is 116 Å². The van der Waals surface area contributed by atoms with Gasteiger partial charge in [-0.05, 0) is 17.7 Å². The van der Waals surface area contributed by atoms with E-state index >= 15 is 0 Å². The van der Waals surface area contributed by atoms with E-state index in [1.807, 2.05) is 42.5 Å². The number of nitrogens with zero attached hydrogens (tertiary/aromatic N) is 1. The van der Waals surface area contributed by atoms with Gasteiger partial charge in [0.1, 0.15) is 5.52 Å². The molecule has 0 amide bonds. The van der Waals surface area contributed by atoms with Gasteiger partial charge in [0.05, 0.1) is 0 Å². The van der Waals surface area contributed by atoms with Crippen LogP contribution in [0.5, 0.6) is 0 Å². The summed E-state index contributed by atoms with van der Waals surface area (Å²) >= 11 is 1.60. The maximum atomic E-state index is 5.64. The van der Waals surface area contributed by atoms with Gasteiger partial charge in [-0.3, -0.25) is 0 Å². The largest absolute Gasteiger partial charge is 0.431 e. The van der Waals surface area contributed by atoms with Crippen LogP contribution in [0.2, 0.25) is 0 Å². The molecule has 0 unspecified atom stereocenters. The van der Waals surface area contributed by atoms with Crippen LogP contribution in [0, 0.1) is 0 Å². The number of para-hydroxylation sites is 2. The van der Waals surface area contributed by atoms with Crippen LogP contribution in [0.3, 0.4) is 0 Å². The molecule has 0 radical (unpaired) electrons. The van der Waals surface area contributed by atoms with Crippen molar-refractivity contribution in [1.29, 1.82) is 0 Å². The molecule has 1 heterocycles. The van der Waals surface area contributed by atoms with Gasteiger partial charge in [-0.15, -0.1) is 0 Å². The number of fused-ring (bicyclic) bond motifs is 1. The summed E-state index contributed by atoms with van der Waals surface area (Å²) in [6.45, 7) is 0. The van der Waals surface area contributed by atoms with Crippen molar-refractivity contribution in [3.05, 3.63) is 66.2 Å². The molecule has 0 atom stereocenters. The zero-order valence-corrected chi connectivity index (χ0v) is 11.1. The van der Waals surface area contributed by atoms with Crippen molar-refractivity contribution < 1.29 is 4.42 Å². The average Bonchev–Trinajstić information content (AvgIpc) is 2.87. The molecule has 94 valence electrons. The maximum Gasteiger partial charge on any atom is 0.257 e. The van der Waals surface area contributed by atoms with Gasteiger partial charge >= 0.3 is 0 Å². The quantitative estimate of drug-likeness (QED) is 0.644. The molecule has 0 fully saturated rings. The molecule has 0 saturated heterocycles. The molecular formula is C16H13NOS. The van der Waals surface area contributed by atoms with Crippen LogP contribution in [0.1, 0.15) is 5.56 Å². The second-order valence-corrected chi connectivity index (χ2v) is 5.04. The zero-order valence-electron chi connectivity index (χ0n) is 10.3. The first-order valence-corrected chi connectivity index (χ1v) is 7.10. The van der Waals surface area contributed by atoms with Crippen LogP contribution in [0.15, 0.2) is 70.3 Å². The van der Waals surface area contributed by atoms with Gasteiger partial charge in [0.25, 0.3) is 5.22 Å². The van der Waals surface area contributed by atoms with E-state index in [4.69, 9.17) is 4.42 Å². The first-order chi connectivity index (χ1) is 9.42. The summed E-state index contributed by atoms with van der Waals surface area (Å²) in [6.07, 6.45) is 4.23. The summed E-state index contributed by atoms with van der Waals surface area (Å²) in [7, 11) is 0. The van der Waals surface area contributed by atoms with Crippen LogP contribution in [0.4, 0.5) is 0 Å². The first-order valence-electron chi connectivity index (χ1n) is 6.12. The highest BCUT2D eigenvalue weighted by atomic mass is 32.2. The van der Waals surface area contributed by atoms with Crippen molar-refractivity contribution in [3.8, 4) is 0 Å². The Bertz CT molecular complexity index is 655. The van der Waals surface area contributed by atoms with Gasteiger partial charge in [-0.1, -0.05) is 66.4 Å². The van der Waals surface area contributed by atoms with Crippen molar-refractivity contribution in [2.24, 2.45) is 0 Å².